The fraction of sp³-hybridized carbons (Fsp3) is 0.167. The number of ether oxygens (including phenoxy) is 1. The Morgan fingerprint density at radius 1 is 0.952 bits per heavy atom. The first-order valence-electron chi connectivity index (χ1n) is 7.14. The first-order valence-corrected chi connectivity index (χ1v) is 7.14. The fourth-order valence-electron chi connectivity index (χ4n) is 2.20. The minimum Gasteiger partial charge on any atom is -0.491 e. The number of rotatable bonds is 6. The highest BCUT2D eigenvalue weighted by molar-refractivity contribution is 5.79. The molecule has 1 heterocycles. The summed E-state index contributed by atoms with van der Waals surface area (Å²) in [5.41, 5.74) is 2.27. The molecule has 0 saturated carbocycles. The maximum Gasteiger partial charge on any atom is 0.138 e. The number of benzene rings is 2. The van der Waals surface area contributed by atoms with Crippen molar-refractivity contribution in [3.8, 4) is 5.75 Å². The van der Waals surface area contributed by atoms with E-state index in [1.165, 1.54) is 5.56 Å². The molecule has 21 heavy (non-hydrogen) atoms. The average molecular weight is 278 g/mol. The van der Waals surface area contributed by atoms with Crippen LogP contribution in [0.1, 0.15) is 5.56 Å². The van der Waals surface area contributed by atoms with E-state index >= 15 is 0 Å². The van der Waals surface area contributed by atoms with E-state index in [2.05, 4.69) is 22.4 Å². The van der Waals surface area contributed by atoms with Gasteiger partial charge in [-0.25, -0.2) is 0 Å². The summed E-state index contributed by atoms with van der Waals surface area (Å²) in [4.78, 5) is 4.38. The van der Waals surface area contributed by atoms with Gasteiger partial charge in [-0.05, 0) is 17.7 Å². The molecular weight excluding hydrogens is 260 g/mol. The lowest BCUT2D eigenvalue weighted by Gasteiger charge is -2.08. The second kappa shape index (κ2) is 6.86. The third kappa shape index (κ3) is 3.80. The van der Waals surface area contributed by atoms with Crippen LogP contribution in [0.4, 0.5) is 0 Å². The Labute approximate surface area is 124 Å². The first kappa shape index (κ1) is 13.6. The van der Waals surface area contributed by atoms with E-state index in [4.69, 9.17) is 4.74 Å². The summed E-state index contributed by atoms with van der Waals surface area (Å²) in [5.74, 6) is 0.815. The fourth-order valence-corrected chi connectivity index (χ4v) is 2.20. The highest BCUT2D eigenvalue weighted by atomic mass is 16.5. The zero-order valence-electron chi connectivity index (χ0n) is 11.8. The van der Waals surface area contributed by atoms with Crippen molar-refractivity contribution in [1.29, 1.82) is 0 Å². The minimum absolute atomic E-state index is 0.632. The summed E-state index contributed by atoms with van der Waals surface area (Å²) < 4.78 is 5.73. The van der Waals surface area contributed by atoms with E-state index in [0.717, 1.165) is 29.7 Å². The summed E-state index contributed by atoms with van der Waals surface area (Å²) in [6.45, 7) is 2.30. The number of nitrogens with zero attached hydrogens (tertiary/aromatic N) is 1. The summed E-state index contributed by atoms with van der Waals surface area (Å²) in [7, 11) is 0. The maximum atomic E-state index is 5.73. The Kier molecular flexibility index (Phi) is 4.44. The number of fused-ring (bicyclic) bond motifs is 1. The largest absolute Gasteiger partial charge is 0.491 e. The molecule has 1 aromatic heterocycles. The summed E-state index contributed by atoms with van der Waals surface area (Å²) in [6.07, 6.45) is 1.78. The number of nitrogens with one attached hydrogen (secondary N) is 1. The van der Waals surface area contributed by atoms with Crippen LogP contribution in [0.3, 0.4) is 0 Å². The van der Waals surface area contributed by atoms with E-state index < -0.39 is 0 Å². The first-order chi connectivity index (χ1) is 10.4. The van der Waals surface area contributed by atoms with Gasteiger partial charge >= 0.3 is 0 Å². The third-order valence-corrected chi connectivity index (χ3v) is 3.28. The van der Waals surface area contributed by atoms with Crippen molar-refractivity contribution < 1.29 is 4.74 Å². The van der Waals surface area contributed by atoms with E-state index in [1.807, 2.05) is 48.5 Å². The molecular formula is C18H18N2O. The normalized spacial score (nSPS) is 10.7. The Morgan fingerprint density at radius 3 is 2.67 bits per heavy atom. The van der Waals surface area contributed by atoms with Crippen LogP contribution in [0, 0.1) is 0 Å². The molecule has 3 aromatic rings. The van der Waals surface area contributed by atoms with Gasteiger partial charge in [0.25, 0.3) is 0 Å². The second-order valence-electron chi connectivity index (χ2n) is 4.87. The average Bonchev–Trinajstić information content (AvgIpc) is 2.55. The molecule has 0 bridgehead atoms. The van der Waals surface area contributed by atoms with Crippen LogP contribution >= 0.6 is 0 Å². The molecule has 0 spiro atoms. The Hall–Kier alpha value is -2.39. The van der Waals surface area contributed by atoms with Gasteiger partial charge < -0.3 is 10.1 Å². The summed E-state index contributed by atoms with van der Waals surface area (Å²) in [6, 6.07) is 20.4. The van der Waals surface area contributed by atoms with E-state index in [9.17, 15) is 0 Å². The molecule has 106 valence electrons. The van der Waals surface area contributed by atoms with Crippen molar-refractivity contribution in [1.82, 2.24) is 10.3 Å². The number of para-hydroxylation sites is 1. The molecule has 0 aliphatic rings. The van der Waals surface area contributed by atoms with Gasteiger partial charge in [-0.15, -0.1) is 0 Å². The Bertz CT molecular complexity index is 698. The molecule has 0 amide bonds. The van der Waals surface area contributed by atoms with E-state index in [1.54, 1.807) is 6.20 Å². The van der Waals surface area contributed by atoms with Gasteiger partial charge in [0.15, 0.2) is 0 Å². The van der Waals surface area contributed by atoms with Crippen molar-refractivity contribution in [3.05, 3.63) is 72.4 Å². The topological polar surface area (TPSA) is 34.1 Å². The van der Waals surface area contributed by atoms with Gasteiger partial charge in [0.05, 0.1) is 11.7 Å². The third-order valence-electron chi connectivity index (χ3n) is 3.28. The van der Waals surface area contributed by atoms with Crippen molar-refractivity contribution >= 4 is 10.9 Å². The van der Waals surface area contributed by atoms with Crippen molar-refractivity contribution in [2.75, 3.05) is 13.2 Å². The molecule has 0 aliphatic heterocycles. The Balaban J connectivity index is 1.46. The number of aromatic nitrogens is 1. The van der Waals surface area contributed by atoms with Crippen LogP contribution in [0.25, 0.3) is 10.9 Å². The van der Waals surface area contributed by atoms with Crippen molar-refractivity contribution in [3.63, 3.8) is 0 Å². The monoisotopic (exact) mass is 278 g/mol. The van der Waals surface area contributed by atoms with Gasteiger partial charge in [0.2, 0.25) is 0 Å². The predicted octanol–water partition coefficient (Wildman–Crippen LogP) is 3.40. The maximum absolute atomic E-state index is 5.73. The molecule has 1 N–H and O–H groups in total. The lowest BCUT2D eigenvalue weighted by molar-refractivity contribution is 0.313. The molecule has 0 radical (unpaired) electrons. The summed E-state index contributed by atoms with van der Waals surface area (Å²) >= 11 is 0. The zero-order valence-corrected chi connectivity index (χ0v) is 11.8. The van der Waals surface area contributed by atoms with Gasteiger partial charge in [0.1, 0.15) is 12.4 Å². The van der Waals surface area contributed by atoms with Crippen LogP contribution in [0.15, 0.2) is 66.9 Å². The second-order valence-corrected chi connectivity index (χ2v) is 4.87. The van der Waals surface area contributed by atoms with Gasteiger partial charge in [0, 0.05) is 18.5 Å². The van der Waals surface area contributed by atoms with Crippen LogP contribution < -0.4 is 10.1 Å². The molecule has 3 rings (SSSR count). The SMILES string of the molecule is c1ccc(CNCCOc2cnc3ccccc3c2)cc1. The Morgan fingerprint density at radius 2 is 1.76 bits per heavy atom. The van der Waals surface area contributed by atoms with Crippen LogP contribution in [0.2, 0.25) is 0 Å². The quantitative estimate of drug-likeness (QED) is 0.702. The van der Waals surface area contributed by atoms with Crippen molar-refractivity contribution in [2.45, 2.75) is 6.54 Å². The predicted molar refractivity (Wildman–Crippen MR) is 85.4 cm³/mol. The molecule has 0 unspecified atom stereocenters. The molecule has 0 saturated heterocycles. The van der Waals surface area contributed by atoms with Gasteiger partial charge in [-0.1, -0.05) is 48.5 Å². The smallest absolute Gasteiger partial charge is 0.138 e. The summed E-state index contributed by atoms with van der Waals surface area (Å²) in [5, 5.41) is 4.47. The number of hydrogen-bond acceptors (Lipinski definition) is 3. The van der Waals surface area contributed by atoms with Crippen LogP contribution in [-0.4, -0.2) is 18.1 Å². The molecule has 2 aromatic carbocycles. The number of pyridine rings is 1. The van der Waals surface area contributed by atoms with Crippen LogP contribution in [-0.2, 0) is 6.54 Å². The molecule has 0 fully saturated rings. The molecule has 0 atom stereocenters. The molecule has 3 nitrogen and oxygen atoms in total. The lowest BCUT2D eigenvalue weighted by Crippen LogP contribution is -2.20. The lowest BCUT2D eigenvalue weighted by atomic mass is 10.2. The van der Waals surface area contributed by atoms with Gasteiger partial charge in [-0.3, -0.25) is 4.98 Å². The highest BCUT2D eigenvalue weighted by Gasteiger charge is 1.98. The molecule has 0 aliphatic carbocycles. The van der Waals surface area contributed by atoms with Gasteiger partial charge in [-0.2, -0.15) is 0 Å². The van der Waals surface area contributed by atoms with Crippen LogP contribution in [0.5, 0.6) is 5.75 Å². The molecule has 3 heteroatoms. The zero-order chi connectivity index (χ0) is 14.3. The highest BCUT2D eigenvalue weighted by Crippen LogP contribution is 2.17. The van der Waals surface area contributed by atoms with E-state index in [0.29, 0.717) is 6.61 Å². The standard InChI is InChI=1S/C18H18N2O/c1-2-6-15(7-3-1)13-19-10-11-21-17-12-16-8-4-5-9-18(16)20-14-17/h1-9,12,14,19H,10-11,13H2. The minimum atomic E-state index is 0.632. The number of hydrogen-bond donors (Lipinski definition) is 1. The van der Waals surface area contributed by atoms with E-state index in [-0.39, 0.29) is 0 Å². The van der Waals surface area contributed by atoms with Crippen molar-refractivity contribution in [2.24, 2.45) is 0 Å².